The first-order valence-corrected chi connectivity index (χ1v) is 15.2. The SMILES string of the molecule is CC(=O)OC(COc1ccccc1)COc1c2ccc(C)cc2c(OCC(COc2ccccc2)OC(C)=O)c2ccc(C)cc12. The number of hydrogen-bond donors (Lipinski definition) is 0. The van der Waals surface area contributed by atoms with Gasteiger partial charge in [-0.15, -0.1) is 0 Å². The first-order chi connectivity index (χ1) is 22.3. The monoisotopic (exact) mass is 622 g/mol. The molecule has 0 radical (unpaired) electrons. The first kappa shape index (κ1) is 32.2. The highest BCUT2D eigenvalue weighted by Crippen LogP contribution is 2.43. The summed E-state index contributed by atoms with van der Waals surface area (Å²) in [5, 5.41) is 3.32. The number of esters is 2. The van der Waals surface area contributed by atoms with Crippen LogP contribution in [0.2, 0.25) is 0 Å². The molecule has 5 aromatic carbocycles. The highest BCUT2D eigenvalue weighted by atomic mass is 16.6. The summed E-state index contributed by atoms with van der Waals surface area (Å²) in [4.78, 5) is 23.9. The largest absolute Gasteiger partial charge is 0.490 e. The third-order valence-electron chi connectivity index (χ3n) is 7.18. The maximum Gasteiger partial charge on any atom is 0.303 e. The molecule has 5 aromatic rings. The van der Waals surface area contributed by atoms with E-state index in [1.165, 1.54) is 13.8 Å². The summed E-state index contributed by atoms with van der Waals surface area (Å²) in [6, 6.07) is 30.8. The second kappa shape index (κ2) is 15.2. The summed E-state index contributed by atoms with van der Waals surface area (Å²) >= 11 is 0. The van der Waals surface area contributed by atoms with E-state index in [1.807, 2.05) is 111 Å². The molecule has 0 spiro atoms. The van der Waals surface area contributed by atoms with Gasteiger partial charge in [0.2, 0.25) is 0 Å². The van der Waals surface area contributed by atoms with Gasteiger partial charge < -0.3 is 28.4 Å². The molecule has 0 amide bonds. The molecule has 46 heavy (non-hydrogen) atoms. The van der Waals surface area contributed by atoms with E-state index in [1.54, 1.807) is 0 Å². The van der Waals surface area contributed by atoms with Crippen molar-refractivity contribution in [1.82, 2.24) is 0 Å². The third-order valence-corrected chi connectivity index (χ3v) is 7.18. The van der Waals surface area contributed by atoms with Crippen LogP contribution >= 0.6 is 0 Å². The second-order valence-corrected chi connectivity index (χ2v) is 11.1. The van der Waals surface area contributed by atoms with Crippen molar-refractivity contribution in [3.05, 3.63) is 108 Å². The molecule has 0 heterocycles. The average molecular weight is 623 g/mol. The molecule has 238 valence electrons. The van der Waals surface area contributed by atoms with E-state index in [9.17, 15) is 9.59 Å². The van der Waals surface area contributed by atoms with E-state index in [0.717, 1.165) is 32.7 Å². The fraction of sp³-hybridized carbons (Fsp3) is 0.263. The maximum absolute atomic E-state index is 12.0. The van der Waals surface area contributed by atoms with Crippen molar-refractivity contribution in [3.8, 4) is 23.0 Å². The Labute approximate surface area is 268 Å². The van der Waals surface area contributed by atoms with Crippen LogP contribution < -0.4 is 18.9 Å². The Bertz CT molecular complexity index is 1650. The van der Waals surface area contributed by atoms with Gasteiger partial charge in [-0.25, -0.2) is 0 Å². The Morgan fingerprint density at radius 2 is 0.870 bits per heavy atom. The van der Waals surface area contributed by atoms with E-state index >= 15 is 0 Å². The molecule has 0 saturated heterocycles. The molecule has 8 heteroatoms. The molecule has 5 rings (SSSR count). The lowest BCUT2D eigenvalue weighted by molar-refractivity contribution is -0.150. The van der Waals surface area contributed by atoms with Gasteiger partial charge in [0.25, 0.3) is 0 Å². The zero-order chi connectivity index (χ0) is 32.5. The van der Waals surface area contributed by atoms with Crippen molar-refractivity contribution >= 4 is 33.5 Å². The Balaban J connectivity index is 1.46. The van der Waals surface area contributed by atoms with Crippen LogP contribution in [-0.4, -0.2) is 50.6 Å². The lowest BCUT2D eigenvalue weighted by atomic mass is 9.97. The number of rotatable bonds is 14. The first-order valence-electron chi connectivity index (χ1n) is 15.2. The zero-order valence-corrected chi connectivity index (χ0v) is 26.5. The molecule has 0 aliphatic heterocycles. The molecular weight excluding hydrogens is 584 g/mol. The number of hydrogen-bond acceptors (Lipinski definition) is 8. The normalized spacial score (nSPS) is 12.3. The predicted octanol–water partition coefficient (Wildman–Crippen LogP) is 7.39. The van der Waals surface area contributed by atoms with Crippen molar-refractivity contribution in [2.45, 2.75) is 39.9 Å². The number of para-hydroxylation sites is 2. The molecule has 0 bridgehead atoms. The summed E-state index contributed by atoms with van der Waals surface area (Å²) in [6.45, 7) is 7.15. The van der Waals surface area contributed by atoms with Crippen LogP contribution in [0.25, 0.3) is 21.5 Å². The molecule has 8 nitrogen and oxygen atoms in total. The van der Waals surface area contributed by atoms with Crippen molar-refractivity contribution in [1.29, 1.82) is 0 Å². The van der Waals surface area contributed by atoms with Crippen LogP contribution in [0.1, 0.15) is 25.0 Å². The van der Waals surface area contributed by atoms with Gasteiger partial charge in [0.1, 0.15) is 49.4 Å². The summed E-state index contributed by atoms with van der Waals surface area (Å²) < 4.78 is 35.9. The van der Waals surface area contributed by atoms with Crippen LogP contribution in [0.4, 0.5) is 0 Å². The molecule has 0 N–H and O–H groups in total. The summed E-state index contributed by atoms with van der Waals surface area (Å²) in [5.41, 5.74) is 2.07. The summed E-state index contributed by atoms with van der Waals surface area (Å²) in [7, 11) is 0. The van der Waals surface area contributed by atoms with Crippen molar-refractivity contribution in [2.24, 2.45) is 0 Å². The minimum absolute atomic E-state index is 0.0734. The lowest BCUT2D eigenvalue weighted by Crippen LogP contribution is -2.30. The van der Waals surface area contributed by atoms with Crippen molar-refractivity contribution < 1.29 is 38.0 Å². The number of ether oxygens (including phenoxy) is 6. The Morgan fingerprint density at radius 1 is 0.500 bits per heavy atom. The van der Waals surface area contributed by atoms with Crippen LogP contribution in [0, 0.1) is 13.8 Å². The minimum atomic E-state index is -0.650. The minimum Gasteiger partial charge on any atom is -0.490 e. The Kier molecular flexibility index (Phi) is 10.6. The fourth-order valence-electron chi connectivity index (χ4n) is 5.16. The summed E-state index contributed by atoms with van der Waals surface area (Å²) in [6.07, 6.45) is -1.30. The topological polar surface area (TPSA) is 89.5 Å². The smallest absolute Gasteiger partial charge is 0.303 e. The quantitative estimate of drug-likeness (QED) is 0.0936. The molecule has 0 aromatic heterocycles. The third kappa shape index (κ3) is 8.47. The van der Waals surface area contributed by atoms with Gasteiger partial charge in [-0.05, 0) is 50.2 Å². The number of fused-ring (bicyclic) bond motifs is 2. The van der Waals surface area contributed by atoms with Gasteiger partial charge in [0.05, 0.1) is 0 Å². The zero-order valence-electron chi connectivity index (χ0n) is 26.5. The van der Waals surface area contributed by atoms with Crippen molar-refractivity contribution in [2.75, 3.05) is 26.4 Å². The van der Waals surface area contributed by atoms with Gasteiger partial charge in [0, 0.05) is 35.4 Å². The highest BCUT2D eigenvalue weighted by molar-refractivity contribution is 6.11. The van der Waals surface area contributed by atoms with Crippen LogP contribution in [0.5, 0.6) is 23.0 Å². The second-order valence-electron chi connectivity index (χ2n) is 11.1. The van der Waals surface area contributed by atoms with E-state index < -0.39 is 24.1 Å². The van der Waals surface area contributed by atoms with E-state index in [-0.39, 0.29) is 26.4 Å². The Morgan fingerprint density at radius 3 is 1.24 bits per heavy atom. The molecule has 0 saturated carbocycles. The fourth-order valence-corrected chi connectivity index (χ4v) is 5.16. The number of benzene rings is 5. The van der Waals surface area contributed by atoms with Gasteiger partial charge in [-0.2, -0.15) is 0 Å². The molecule has 0 aliphatic carbocycles. The van der Waals surface area contributed by atoms with Crippen LogP contribution in [-0.2, 0) is 19.1 Å². The maximum atomic E-state index is 12.0. The van der Waals surface area contributed by atoms with Gasteiger partial charge in [-0.3, -0.25) is 9.59 Å². The number of carbonyl (C=O) groups excluding carboxylic acids is 2. The molecule has 2 atom stereocenters. The predicted molar refractivity (Wildman–Crippen MR) is 177 cm³/mol. The van der Waals surface area contributed by atoms with E-state index in [2.05, 4.69) is 0 Å². The molecule has 0 fully saturated rings. The van der Waals surface area contributed by atoms with Crippen molar-refractivity contribution in [3.63, 3.8) is 0 Å². The average Bonchev–Trinajstić information content (AvgIpc) is 3.04. The molecular formula is C38H38O8. The standard InChI is InChI=1S/C38H38O8/c1-25-15-17-33-35(19-25)37(43-23-31(45-27(3)39)21-41-29-11-7-5-8-12-29)34-18-16-26(2)20-36(34)38(33)44-24-32(46-28(4)40)22-42-30-13-9-6-10-14-30/h5-20,31-32H,21-24H2,1-4H3. The number of aryl methyl sites for hydroxylation is 2. The number of carbonyl (C=O) groups is 2. The van der Waals surface area contributed by atoms with Gasteiger partial charge in [-0.1, -0.05) is 71.8 Å². The molecule has 2 unspecified atom stereocenters. The Hall–Kier alpha value is -5.24. The van der Waals surface area contributed by atoms with E-state index in [4.69, 9.17) is 28.4 Å². The van der Waals surface area contributed by atoms with Crippen LogP contribution in [0.15, 0.2) is 97.1 Å². The highest BCUT2D eigenvalue weighted by Gasteiger charge is 2.22. The van der Waals surface area contributed by atoms with E-state index in [0.29, 0.717) is 23.0 Å². The lowest BCUT2D eigenvalue weighted by Gasteiger charge is -2.23. The van der Waals surface area contributed by atoms with Gasteiger partial charge >= 0.3 is 11.9 Å². The van der Waals surface area contributed by atoms with Crippen LogP contribution in [0.3, 0.4) is 0 Å². The van der Waals surface area contributed by atoms with Gasteiger partial charge in [0.15, 0.2) is 12.2 Å². The summed E-state index contributed by atoms with van der Waals surface area (Å²) in [5.74, 6) is 1.78. The molecule has 0 aliphatic rings.